The van der Waals surface area contributed by atoms with E-state index in [1.54, 1.807) is 12.1 Å². The molecule has 2 aromatic rings. The largest absolute Gasteiger partial charge is 0.394 e. The van der Waals surface area contributed by atoms with Gasteiger partial charge < -0.3 is 25.2 Å². The summed E-state index contributed by atoms with van der Waals surface area (Å²) >= 11 is 6.44. The lowest BCUT2D eigenvalue weighted by Gasteiger charge is -2.40. The number of tetrazole rings is 1. The van der Waals surface area contributed by atoms with E-state index < -0.39 is 37.1 Å². The van der Waals surface area contributed by atoms with Crippen molar-refractivity contribution in [3.8, 4) is 0 Å². The molecule has 2 aliphatic rings. The fraction of sp³-hybridized carbons (Fsp3) is 0.650. The highest BCUT2D eigenvalue weighted by atomic mass is 35.5. The summed E-state index contributed by atoms with van der Waals surface area (Å²) in [5.74, 6) is 1.57. The maximum atomic E-state index is 10.4. The Morgan fingerprint density at radius 3 is 2.50 bits per heavy atom. The van der Waals surface area contributed by atoms with Crippen molar-refractivity contribution in [2.45, 2.75) is 68.5 Å². The average Bonchev–Trinajstić information content (AvgIpc) is 3.30. The molecule has 1 aliphatic carbocycles. The van der Waals surface area contributed by atoms with Gasteiger partial charge in [-0.25, -0.2) is 0 Å². The van der Waals surface area contributed by atoms with E-state index in [4.69, 9.17) is 16.3 Å². The van der Waals surface area contributed by atoms with Crippen molar-refractivity contribution in [2.75, 3.05) is 6.61 Å². The van der Waals surface area contributed by atoms with Crippen molar-refractivity contribution in [3.63, 3.8) is 0 Å². The van der Waals surface area contributed by atoms with E-state index in [-0.39, 0.29) is 0 Å². The van der Waals surface area contributed by atoms with Gasteiger partial charge in [0.2, 0.25) is 0 Å². The number of nitrogens with zero attached hydrogens (tertiary/aromatic N) is 3. The van der Waals surface area contributed by atoms with E-state index in [1.165, 1.54) is 0 Å². The molecule has 2 fully saturated rings. The Morgan fingerprint density at radius 2 is 1.83 bits per heavy atom. The summed E-state index contributed by atoms with van der Waals surface area (Å²) in [6, 6.07) is 5.39. The quantitative estimate of drug-likeness (QED) is 0.462. The second kappa shape index (κ2) is 9.25. The Kier molecular flexibility index (Phi) is 6.66. The lowest BCUT2D eigenvalue weighted by atomic mass is 9.78. The second-order valence-electron chi connectivity index (χ2n) is 8.29. The molecular weight excluding hydrogens is 412 g/mol. The Labute approximate surface area is 179 Å². The number of aromatic amines is 1. The molecule has 30 heavy (non-hydrogen) atoms. The molecule has 164 valence electrons. The monoisotopic (exact) mass is 438 g/mol. The number of halogens is 1. The summed E-state index contributed by atoms with van der Waals surface area (Å²) in [5, 5.41) is 54.9. The maximum Gasteiger partial charge on any atom is 0.177 e. The van der Waals surface area contributed by atoms with Gasteiger partial charge in [-0.3, -0.25) is 0 Å². The van der Waals surface area contributed by atoms with Crippen molar-refractivity contribution >= 4 is 11.6 Å². The number of hydrogen-bond donors (Lipinski definition) is 5. The van der Waals surface area contributed by atoms with Crippen molar-refractivity contribution in [3.05, 3.63) is 40.2 Å². The van der Waals surface area contributed by atoms with E-state index in [2.05, 4.69) is 20.6 Å². The van der Waals surface area contributed by atoms with Crippen LogP contribution in [0.15, 0.2) is 18.2 Å². The minimum Gasteiger partial charge on any atom is -0.394 e. The van der Waals surface area contributed by atoms with Crippen LogP contribution in [0.4, 0.5) is 0 Å². The van der Waals surface area contributed by atoms with Gasteiger partial charge in [0, 0.05) is 10.9 Å². The summed E-state index contributed by atoms with van der Waals surface area (Å²) in [6.45, 7) is -0.453. The summed E-state index contributed by atoms with van der Waals surface area (Å²) in [4.78, 5) is 0. The first-order valence-electron chi connectivity index (χ1n) is 10.3. The molecule has 0 spiro atoms. The van der Waals surface area contributed by atoms with Crippen LogP contribution in [-0.4, -0.2) is 72.1 Å². The molecule has 0 radical (unpaired) electrons. The fourth-order valence-corrected chi connectivity index (χ4v) is 4.78. The average molecular weight is 439 g/mol. The van der Waals surface area contributed by atoms with Gasteiger partial charge >= 0.3 is 0 Å². The zero-order valence-corrected chi connectivity index (χ0v) is 17.2. The number of aliphatic hydroxyl groups excluding tert-OH is 4. The predicted molar refractivity (Wildman–Crippen MR) is 107 cm³/mol. The van der Waals surface area contributed by atoms with Crippen LogP contribution in [0.25, 0.3) is 0 Å². The number of benzene rings is 1. The minimum atomic E-state index is -1.40. The number of H-pyrrole nitrogens is 1. The predicted octanol–water partition coefficient (Wildman–Crippen LogP) is 0.884. The van der Waals surface area contributed by atoms with Crippen LogP contribution in [0, 0.1) is 5.92 Å². The zero-order chi connectivity index (χ0) is 21.3. The highest BCUT2D eigenvalue weighted by Gasteiger charge is 2.44. The van der Waals surface area contributed by atoms with Gasteiger partial charge in [-0.1, -0.05) is 28.9 Å². The van der Waals surface area contributed by atoms with Gasteiger partial charge in [0.25, 0.3) is 0 Å². The van der Waals surface area contributed by atoms with Crippen LogP contribution in [0.1, 0.15) is 54.7 Å². The molecule has 1 saturated carbocycles. The zero-order valence-electron chi connectivity index (χ0n) is 16.4. The molecular formula is C20H27ClN4O5. The highest BCUT2D eigenvalue weighted by Crippen LogP contribution is 2.38. The topological polar surface area (TPSA) is 145 Å². The molecule has 1 unspecified atom stereocenters. The summed E-state index contributed by atoms with van der Waals surface area (Å²) in [6.07, 6.45) is -1.03. The van der Waals surface area contributed by atoms with Crippen LogP contribution >= 0.6 is 11.6 Å². The SMILES string of the molecule is OCC1O[C@@H](c2ccc(Cl)c(CC3CCC(c4nn[nH]n4)CC3)c2)[C@H](O)[C@@H](O)[C@@H]1O. The van der Waals surface area contributed by atoms with Gasteiger partial charge in [0.15, 0.2) is 5.82 Å². The standard InChI is InChI=1S/C20H27ClN4O5/c21-14-6-5-12(19-18(29)17(28)16(27)15(9-26)30-19)8-13(14)7-10-1-3-11(4-2-10)20-22-24-25-23-20/h5-6,8,10-11,15-19,26-29H,1-4,7,9H2,(H,22,23,24,25)/t10?,11?,15?,16-,17+,18-,19+/m1/s1. The van der Waals surface area contributed by atoms with E-state index in [1.807, 2.05) is 6.07 Å². The second-order valence-corrected chi connectivity index (χ2v) is 8.70. The molecule has 9 nitrogen and oxygen atoms in total. The van der Waals surface area contributed by atoms with E-state index in [9.17, 15) is 20.4 Å². The smallest absolute Gasteiger partial charge is 0.177 e. The molecule has 4 rings (SSSR count). The fourth-order valence-electron chi connectivity index (χ4n) is 4.58. The third kappa shape index (κ3) is 4.37. The van der Waals surface area contributed by atoms with Gasteiger partial charge in [-0.05, 0) is 55.2 Å². The molecule has 1 saturated heterocycles. The van der Waals surface area contributed by atoms with E-state index >= 15 is 0 Å². The summed E-state index contributed by atoms with van der Waals surface area (Å²) in [7, 11) is 0. The Hall–Kier alpha value is -1.62. The maximum absolute atomic E-state index is 10.4. The van der Waals surface area contributed by atoms with Gasteiger partial charge in [0.05, 0.1) is 6.61 Å². The van der Waals surface area contributed by atoms with Gasteiger partial charge in [-0.2, -0.15) is 5.21 Å². The van der Waals surface area contributed by atoms with Crippen LogP contribution in [0.2, 0.25) is 5.02 Å². The van der Waals surface area contributed by atoms with Crippen LogP contribution in [0.3, 0.4) is 0 Å². The Morgan fingerprint density at radius 1 is 1.07 bits per heavy atom. The molecule has 2 heterocycles. The van der Waals surface area contributed by atoms with Crippen LogP contribution in [0.5, 0.6) is 0 Å². The molecule has 5 N–H and O–H groups in total. The van der Waals surface area contributed by atoms with Crippen LogP contribution < -0.4 is 0 Å². The van der Waals surface area contributed by atoms with Crippen molar-refractivity contribution in [1.82, 2.24) is 20.6 Å². The van der Waals surface area contributed by atoms with E-state index in [0.29, 0.717) is 22.4 Å². The molecule has 0 amide bonds. The Balaban J connectivity index is 1.45. The van der Waals surface area contributed by atoms with Crippen molar-refractivity contribution in [2.24, 2.45) is 5.92 Å². The number of aliphatic hydroxyl groups is 4. The summed E-state index contributed by atoms with van der Waals surface area (Å²) < 4.78 is 5.68. The first kappa shape index (κ1) is 21.6. The molecule has 5 atom stereocenters. The molecule has 1 aromatic heterocycles. The molecule has 10 heteroatoms. The van der Waals surface area contributed by atoms with Crippen LogP contribution in [-0.2, 0) is 11.2 Å². The lowest BCUT2D eigenvalue weighted by molar-refractivity contribution is -0.231. The Bertz CT molecular complexity index is 829. The molecule has 0 bridgehead atoms. The third-order valence-electron chi connectivity index (χ3n) is 6.37. The third-order valence-corrected chi connectivity index (χ3v) is 6.74. The first-order valence-corrected chi connectivity index (χ1v) is 10.7. The molecule has 1 aromatic carbocycles. The number of rotatable bonds is 5. The normalized spacial score (nSPS) is 34.8. The molecule has 1 aliphatic heterocycles. The van der Waals surface area contributed by atoms with Crippen molar-refractivity contribution in [1.29, 1.82) is 0 Å². The number of nitrogens with one attached hydrogen (secondary N) is 1. The number of aromatic nitrogens is 4. The lowest BCUT2D eigenvalue weighted by Crippen LogP contribution is -2.55. The van der Waals surface area contributed by atoms with E-state index in [0.717, 1.165) is 43.5 Å². The minimum absolute atomic E-state index is 0.330. The first-order chi connectivity index (χ1) is 14.5. The number of ether oxygens (including phenoxy) is 1. The number of hydrogen-bond acceptors (Lipinski definition) is 8. The highest BCUT2D eigenvalue weighted by molar-refractivity contribution is 6.31. The van der Waals surface area contributed by atoms with Gasteiger partial charge in [-0.15, -0.1) is 10.2 Å². The van der Waals surface area contributed by atoms with Crippen molar-refractivity contribution < 1.29 is 25.2 Å². The van der Waals surface area contributed by atoms with Gasteiger partial charge in [0.1, 0.15) is 30.5 Å². The summed E-state index contributed by atoms with van der Waals surface area (Å²) in [5.41, 5.74) is 1.61.